The number of carboxylic acid groups (broad SMARTS) is 1. The molecule has 120 heavy (non-hydrogen) atoms. The number of sulfone groups is 1. The fraction of sp³-hybridized carbons (Fsp3) is 0.434. The van der Waals surface area contributed by atoms with Gasteiger partial charge in [-0.2, -0.15) is 9.97 Å². The first kappa shape index (κ1) is 88.3. The third-order valence-electron chi connectivity index (χ3n) is 20.7. The molecule has 0 saturated carbocycles. The van der Waals surface area contributed by atoms with E-state index in [0.29, 0.717) is 79.5 Å². The number of aromatic amines is 1. The number of anilines is 7. The lowest BCUT2D eigenvalue weighted by Crippen LogP contribution is -2.57. The Bertz CT molecular complexity index is 5390. The molecule has 636 valence electrons. The van der Waals surface area contributed by atoms with Crippen LogP contribution in [0.5, 0.6) is 5.75 Å². The van der Waals surface area contributed by atoms with E-state index in [-0.39, 0.29) is 128 Å². The van der Waals surface area contributed by atoms with Gasteiger partial charge in [-0.05, 0) is 169 Å². The van der Waals surface area contributed by atoms with E-state index in [1.165, 1.54) is 46.8 Å². The number of esters is 1. The molecule has 0 aliphatic carbocycles. The number of fused-ring (bicyclic) bond motifs is 1. The Kier molecular flexibility index (Phi) is 28.9. The molecule has 0 bridgehead atoms. The molecular formula is C83H103N21O14S2. The number of hydrogen-bond acceptors (Lipinski definition) is 27. The quantitative estimate of drug-likeness (QED) is 0.0129. The lowest BCUT2D eigenvalue weighted by Gasteiger charge is -2.35. The number of aryl methyl sites for hydroxylation is 3. The summed E-state index contributed by atoms with van der Waals surface area (Å²) >= 11 is 1.53. The Morgan fingerprint density at radius 2 is 1.52 bits per heavy atom. The maximum absolute atomic E-state index is 15.1. The molecule has 1 unspecified atom stereocenters. The molecule has 2 aliphatic heterocycles. The van der Waals surface area contributed by atoms with Crippen molar-refractivity contribution in [1.82, 2.24) is 80.9 Å². The predicted octanol–water partition coefficient (Wildman–Crippen LogP) is 9.02. The second-order valence-corrected chi connectivity index (χ2v) is 34.9. The van der Waals surface area contributed by atoms with Crippen LogP contribution in [-0.2, 0) is 67.8 Å². The van der Waals surface area contributed by atoms with Crippen molar-refractivity contribution in [1.29, 1.82) is 0 Å². The number of likely N-dealkylation sites (tertiary alicyclic amines) is 2. The summed E-state index contributed by atoms with van der Waals surface area (Å²) < 4.78 is 40.4. The number of benzene rings is 4. The monoisotopic (exact) mass is 1680 g/mol. The molecule has 5 aromatic heterocycles. The van der Waals surface area contributed by atoms with Crippen LogP contribution in [0.4, 0.5) is 40.5 Å². The van der Waals surface area contributed by atoms with Crippen molar-refractivity contribution in [3.8, 4) is 16.2 Å². The molecule has 7 heterocycles. The molecule has 5 atom stereocenters. The largest absolute Gasteiger partial charge is 0.489 e. The van der Waals surface area contributed by atoms with Crippen LogP contribution in [0.15, 0.2) is 119 Å². The van der Waals surface area contributed by atoms with E-state index < -0.39 is 97.8 Å². The van der Waals surface area contributed by atoms with Gasteiger partial charge in [0, 0.05) is 63.0 Å². The molecule has 2 fully saturated rings. The highest BCUT2D eigenvalue weighted by molar-refractivity contribution is 7.92. The number of carboxylic acids is 1. The Labute approximate surface area is 698 Å². The highest BCUT2D eigenvalue weighted by atomic mass is 32.2. The van der Waals surface area contributed by atoms with Crippen LogP contribution in [-0.4, -0.2) is 176 Å². The zero-order valence-corrected chi connectivity index (χ0v) is 70.3. The number of nitrogen functional groups attached to an aromatic ring is 2. The Morgan fingerprint density at radius 1 is 0.775 bits per heavy atom. The number of aromatic nitrogens is 10. The molecule has 2 saturated heterocycles. The summed E-state index contributed by atoms with van der Waals surface area (Å²) in [5, 5.41) is 38.3. The van der Waals surface area contributed by atoms with Gasteiger partial charge in [-0.15, -0.1) is 16.4 Å². The molecular weight excluding hydrogens is 1580 g/mol. The summed E-state index contributed by atoms with van der Waals surface area (Å²) in [6.07, 6.45) is 5.36. The zero-order chi connectivity index (χ0) is 86.3. The third kappa shape index (κ3) is 23.0. The number of para-hydroxylation sites is 1. The Morgan fingerprint density at radius 3 is 2.22 bits per heavy atom. The predicted molar refractivity (Wildman–Crippen MR) is 451 cm³/mol. The van der Waals surface area contributed by atoms with Crippen molar-refractivity contribution in [2.24, 2.45) is 5.41 Å². The first-order chi connectivity index (χ1) is 57.1. The minimum absolute atomic E-state index is 0.00887. The summed E-state index contributed by atoms with van der Waals surface area (Å²) in [5.41, 5.74) is 19.9. The lowest BCUT2D eigenvalue weighted by atomic mass is 9.85. The molecule has 37 heteroatoms. The summed E-state index contributed by atoms with van der Waals surface area (Å²) in [6, 6.07) is 20.4. The first-order valence-electron chi connectivity index (χ1n) is 39.9. The van der Waals surface area contributed by atoms with Crippen molar-refractivity contribution < 1.29 is 61.4 Å². The summed E-state index contributed by atoms with van der Waals surface area (Å²) in [7, 11) is -3.65. The third-order valence-corrected chi connectivity index (χ3v) is 23.9. The minimum Gasteiger partial charge on any atom is -0.489 e. The fourth-order valence-electron chi connectivity index (χ4n) is 14.1. The van der Waals surface area contributed by atoms with Gasteiger partial charge in [-0.25, -0.2) is 33.1 Å². The van der Waals surface area contributed by atoms with Crippen LogP contribution in [0.1, 0.15) is 182 Å². The van der Waals surface area contributed by atoms with E-state index in [1.54, 1.807) is 81.3 Å². The molecule has 13 N–H and O–H groups in total. The van der Waals surface area contributed by atoms with Crippen LogP contribution >= 0.6 is 11.3 Å². The van der Waals surface area contributed by atoms with Gasteiger partial charge in [-0.1, -0.05) is 62.4 Å². The van der Waals surface area contributed by atoms with Crippen molar-refractivity contribution in [2.45, 2.75) is 212 Å². The number of carbonyl (C=O) groups excluding carboxylic acids is 7. The summed E-state index contributed by atoms with van der Waals surface area (Å²) in [5.74, 6) is -3.64. The van der Waals surface area contributed by atoms with Crippen LogP contribution in [0.3, 0.4) is 0 Å². The Balaban J connectivity index is 0.639. The van der Waals surface area contributed by atoms with E-state index in [1.807, 2.05) is 75.9 Å². The number of ether oxygens (including phenoxy) is 2. The molecule has 6 amide bonds. The molecule has 0 radical (unpaired) electrons. The number of rotatable bonds is 36. The van der Waals surface area contributed by atoms with Crippen molar-refractivity contribution >= 4 is 120 Å². The van der Waals surface area contributed by atoms with Gasteiger partial charge in [0.1, 0.15) is 35.7 Å². The molecule has 2 aliphatic rings. The number of piperidine rings is 1. The average Bonchev–Trinajstić information content (AvgIpc) is 1.64. The number of thiazole rings is 1. The second-order valence-electron chi connectivity index (χ2n) is 31.6. The van der Waals surface area contributed by atoms with E-state index in [2.05, 4.69) is 82.4 Å². The van der Waals surface area contributed by atoms with Gasteiger partial charge in [0.05, 0.1) is 99.4 Å². The van der Waals surface area contributed by atoms with E-state index in [0.717, 1.165) is 32.8 Å². The standard InChI is InChI=1S/C83H103N21O14S2/c1-46(2)117-65-38-59(48(5)36-63(65)95-82-89-42-60(84)74(98-82)93-61-16-11-12-17-66(61)120(115,116)47(3)4)52-31-34-102(35-32-52)69(107)19-15-18-68(106)96-73(83(8,9)10)79(112)104-44-58(37-64(104)77(110)91-49(6)51-21-23-53(24-22-51)72-50(7)90-45-119-72)118-70(108)20-13-14-33-103-43-57(100-101-103)41-87-67(105)30-29-62(80(113)114)94-76(109)54-25-27-55(28-26-54)86-39-56-40-88-75-71(92-56)78(111)99-81(85)97-75/h11-12,16-17,21-28,36,38,40,42-43,45-47,49,52,58,62,64,73,86H,13-15,18-20,29-35,37,39,41,44,84H2,1-10H3,(H,87,105)(H,91,110)(H,94,109)(H,96,106)(H,113,114)(H2,89,93,95,98)(H3,85,88,97,99,111)/t49-,58+,62?,64-,73-/m0/s1. The van der Waals surface area contributed by atoms with Crippen LogP contribution in [0.2, 0.25) is 0 Å². The van der Waals surface area contributed by atoms with E-state index in [4.69, 9.17) is 20.9 Å². The number of amides is 6. The smallest absolute Gasteiger partial charge is 0.326 e. The number of nitrogens with zero attached hydrogens (tertiary/aromatic N) is 11. The fourth-order valence-corrected chi connectivity index (χ4v) is 16.2. The number of nitrogens with two attached hydrogens (primary N) is 2. The lowest BCUT2D eigenvalue weighted by molar-refractivity contribution is -0.150. The van der Waals surface area contributed by atoms with Crippen molar-refractivity contribution in [3.05, 3.63) is 159 Å². The number of carbonyl (C=O) groups is 8. The Hall–Kier alpha value is -12.5. The summed E-state index contributed by atoms with van der Waals surface area (Å²) in [6.45, 7) is 19.6. The summed E-state index contributed by atoms with van der Waals surface area (Å²) in [4.78, 5) is 154. The first-order valence-corrected chi connectivity index (χ1v) is 42.3. The SMILES string of the molecule is Cc1cc(Nc2ncc(N)c(Nc3ccccc3S(=O)(=O)C(C)C)n2)c(OC(C)C)cc1C1CCN(C(=O)CCCC(=O)N[C@@H](C(=O)N2C[C@H](OC(=O)CCCCn3cc(CNC(=O)CCC(NC(=O)c4ccc(NCc5cnc6nc(N)[nH]c(=O)c6n5)cc4)C(=O)O)nn3)C[C@H]2C(=O)N[C@@H](C)c2ccc(-c3scnc3C)cc2)C(C)(C)C)CC1. The van der Waals surface area contributed by atoms with Gasteiger partial charge in [-0.3, -0.25) is 48.0 Å². The van der Waals surface area contributed by atoms with Crippen molar-refractivity contribution in [2.75, 3.05) is 47.1 Å². The number of unbranched alkanes of at least 4 members (excludes halogenated alkanes) is 1. The molecule has 4 aromatic carbocycles. The van der Waals surface area contributed by atoms with E-state index >= 15 is 4.79 Å². The van der Waals surface area contributed by atoms with E-state index in [9.17, 15) is 51.9 Å². The minimum atomic E-state index is -3.65. The maximum atomic E-state index is 15.1. The highest BCUT2D eigenvalue weighted by Crippen LogP contribution is 2.40. The normalized spacial score (nSPS) is 15.2. The van der Waals surface area contributed by atoms with Gasteiger partial charge in [0.2, 0.25) is 41.4 Å². The van der Waals surface area contributed by atoms with Crippen LogP contribution in [0, 0.1) is 19.3 Å². The van der Waals surface area contributed by atoms with Gasteiger partial charge >= 0.3 is 11.9 Å². The number of aliphatic carboxylic acids is 1. The van der Waals surface area contributed by atoms with Gasteiger partial charge < -0.3 is 73.1 Å². The van der Waals surface area contributed by atoms with Crippen LogP contribution in [0.25, 0.3) is 21.6 Å². The zero-order valence-electron chi connectivity index (χ0n) is 68.7. The van der Waals surface area contributed by atoms with Gasteiger partial charge in [0.15, 0.2) is 26.8 Å². The molecule has 9 aromatic rings. The topological polar surface area (TPSA) is 493 Å². The van der Waals surface area contributed by atoms with Gasteiger partial charge in [0.25, 0.3) is 11.5 Å². The van der Waals surface area contributed by atoms with Crippen molar-refractivity contribution in [3.63, 3.8) is 0 Å². The second kappa shape index (κ2) is 39.4. The maximum Gasteiger partial charge on any atom is 0.326 e. The molecule has 11 rings (SSSR count). The highest BCUT2D eigenvalue weighted by Gasteiger charge is 2.46. The van der Waals surface area contributed by atoms with Crippen LogP contribution < -0.4 is 59.0 Å². The molecule has 35 nitrogen and oxygen atoms in total. The number of H-pyrrole nitrogens is 1. The number of hydrogen-bond donors (Lipinski definition) is 11. The molecule has 0 spiro atoms. The average molecular weight is 1680 g/mol. The number of nitrogens with one attached hydrogen (secondary N) is 8.